The molecule has 3 heterocycles. The minimum absolute atomic E-state index is 0.0257. The van der Waals surface area contributed by atoms with E-state index in [9.17, 15) is 13.2 Å². The molecule has 1 aromatic rings. The standard InChI is InChI=1S/C12H16N4O3S/c1-20(18,19)15-6-9-2-3-16(12(17)11(9)7-15)10-4-13-8-14-5-10/h4-5,8-9,11H,2-3,6-7H2,1H3. The molecule has 108 valence electrons. The average molecular weight is 296 g/mol. The van der Waals surface area contributed by atoms with E-state index >= 15 is 0 Å². The van der Waals surface area contributed by atoms with Crippen molar-refractivity contribution in [1.29, 1.82) is 0 Å². The molecule has 20 heavy (non-hydrogen) atoms. The molecule has 2 saturated heterocycles. The van der Waals surface area contributed by atoms with Crippen LogP contribution in [0.25, 0.3) is 0 Å². The van der Waals surface area contributed by atoms with E-state index in [-0.39, 0.29) is 24.3 Å². The van der Waals surface area contributed by atoms with E-state index in [0.29, 0.717) is 18.8 Å². The van der Waals surface area contributed by atoms with Gasteiger partial charge in [-0.3, -0.25) is 4.79 Å². The summed E-state index contributed by atoms with van der Waals surface area (Å²) >= 11 is 0. The van der Waals surface area contributed by atoms with E-state index in [4.69, 9.17) is 0 Å². The highest BCUT2D eigenvalue weighted by atomic mass is 32.2. The maximum Gasteiger partial charge on any atom is 0.231 e. The maximum absolute atomic E-state index is 12.5. The van der Waals surface area contributed by atoms with Crippen molar-refractivity contribution < 1.29 is 13.2 Å². The monoisotopic (exact) mass is 296 g/mol. The van der Waals surface area contributed by atoms with Gasteiger partial charge in [-0.25, -0.2) is 22.7 Å². The summed E-state index contributed by atoms with van der Waals surface area (Å²) in [6.07, 6.45) is 6.62. The first kappa shape index (κ1) is 13.4. The van der Waals surface area contributed by atoms with Crippen LogP contribution in [0.15, 0.2) is 18.7 Å². The Hall–Kier alpha value is -1.54. The maximum atomic E-state index is 12.5. The second kappa shape index (κ2) is 4.78. The van der Waals surface area contributed by atoms with Crippen molar-refractivity contribution in [3.8, 4) is 0 Å². The van der Waals surface area contributed by atoms with E-state index in [1.54, 1.807) is 17.3 Å². The first-order valence-corrected chi connectivity index (χ1v) is 8.33. The van der Waals surface area contributed by atoms with Gasteiger partial charge in [-0.05, 0) is 12.3 Å². The first-order chi connectivity index (χ1) is 9.47. The zero-order valence-electron chi connectivity index (χ0n) is 11.1. The fourth-order valence-electron chi connectivity index (χ4n) is 2.97. The Morgan fingerprint density at radius 1 is 1.25 bits per heavy atom. The molecular formula is C12H16N4O3S. The Labute approximate surface area is 117 Å². The number of rotatable bonds is 2. The molecule has 2 fully saturated rings. The molecule has 0 bridgehead atoms. The number of fused-ring (bicyclic) bond motifs is 1. The summed E-state index contributed by atoms with van der Waals surface area (Å²) in [4.78, 5) is 22.0. The summed E-state index contributed by atoms with van der Waals surface area (Å²) in [6, 6.07) is 0. The number of aromatic nitrogens is 2. The molecule has 0 radical (unpaired) electrons. The highest BCUT2D eigenvalue weighted by molar-refractivity contribution is 7.88. The molecule has 0 saturated carbocycles. The fraction of sp³-hybridized carbons (Fsp3) is 0.583. The van der Waals surface area contributed by atoms with Gasteiger partial charge in [-0.1, -0.05) is 0 Å². The fourth-order valence-corrected chi connectivity index (χ4v) is 3.86. The van der Waals surface area contributed by atoms with Crippen molar-refractivity contribution in [1.82, 2.24) is 14.3 Å². The van der Waals surface area contributed by atoms with Crippen molar-refractivity contribution >= 4 is 21.6 Å². The van der Waals surface area contributed by atoms with E-state index in [1.807, 2.05) is 0 Å². The lowest BCUT2D eigenvalue weighted by Crippen LogP contribution is -2.45. The van der Waals surface area contributed by atoms with Crippen LogP contribution >= 0.6 is 0 Å². The number of sulfonamides is 1. The minimum atomic E-state index is -3.23. The number of hydrogen-bond donors (Lipinski definition) is 0. The number of anilines is 1. The predicted octanol–water partition coefficient (Wildman–Crippen LogP) is -0.279. The lowest BCUT2D eigenvalue weighted by Gasteiger charge is -2.33. The molecule has 8 heteroatoms. The van der Waals surface area contributed by atoms with Gasteiger partial charge in [0.05, 0.1) is 30.3 Å². The van der Waals surface area contributed by atoms with Crippen LogP contribution in [0.1, 0.15) is 6.42 Å². The number of carbonyl (C=O) groups excluding carboxylic acids is 1. The van der Waals surface area contributed by atoms with Crippen molar-refractivity contribution in [2.45, 2.75) is 6.42 Å². The summed E-state index contributed by atoms with van der Waals surface area (Å²) in [5, 5.41) is 0. The molecular weight excluding hydrogens is 280 g/mol. The summed E-state index contributed by atoms with van der Waals surface area (Å²) in [5.41, 5.74) is 0.675. The Morgan fingerprint density at radius 2 is 1.95 bits per heavy atom. The van der Waals surface area contributed by atoms with Crippen LogP contribution in [0, 0.1) is 11.8 Å². The van der Waals surface area contributed by atoms with Crippen molar-refractivity contribution in [2.24, 2.45) is 11.8 Å². The van der Waals surface area contributed by atoms with Crippen LogP contribution in [-0.4, -0.2) is 54.5 Å². The van der Waals surface area contributed by atoms with Gasteiger partial charge >= 0.3 is 0 Å². The molecule has 2 atom stereocenters. The van der Waals surface area contributed by atoms with Gasteiger partial charge in [-0.2, -0.15) is 0 Å². The number of hydrogen-bond acceptors (Lipinski definition) is 5. The Balaban J connectivity index is 1.82. The van der Waals surface area contributed by atoms with Gasteiger partial charge in [0, 0.05) is 19.6 Å². The van der Waals surface area contributed by atoms with E-state index < -0.39 is 10.0 Å². The van der Waals surface area contributed by atoms with Crippen molar-refractivity contribution in [3.63, 3.8) is 0 Å². The van der Waals surface area contributed by atoms with Crippen molar-refractivity contribution in [3.05, 3.63) is 18.7 Å². The predicted molar refractivity (Wildman–Crippen MR) is 72.4 cm³/mol. The molecule has 2 aliphatic rings. The molecule has 0 aromatic carbocycles. The third kappa shape index (κ3) is 2.29. The molecule has 0 N–H and O–H groups in total. The summed E-state index contributed by atoms with van der Waals surface area (Å²) < 4.78 is 24.6. The second-order valence-corrected chi connectivity index (χ2v) is 7.30. The molecule has 2 aliphatic heterocycles. The normalized spacial score (nSPS) is 27.6. The SMILES string of the molecule is CS(=O)(=O)N1CC2CCN(c3cncnc3)C(=O)C2C1. The summed E-state index contributed by atoms with van der Waals surface area (Å²) in [7, 11) is -3.23. The Kier molecular flexibility index (Phi) is 3.21. The van der Waals surface area contributed by atoms with Crippen molar-refractivity contribution in [2.75, 3.05) is 30.8 Å². The number of piperidine rings is 1. The van der Waals surface area contributed by atoms with E-state index in [0.717, 1.165) is 6.42 Å². The smallest absolute Gasteiger partial charge is 0.231 e. The van der Waals surface area contributed by atoms with Crippen LogP contribution in [0.3, 0.4) is 0 Å². The summed E-state index contributed by atoms with van der Waals surface area (Å²) in [5.74, 6) is -0.154. The number of amides is 1. The second-order valence-electron chi connectivity index (χ2n) is 5.32. The molecule has 7 nitrogen and oxygen atoms in total. The highest BCUT2D eigenvalue weighted by Crippen LogP contribution is 2.34. The van der Waals surface area contributed by atoms with E-state index in [1.165, 1.54) is 16.9 Å². The Morgan fingerprint density at radius 3 is 2.60 bits per heavy atom. The minimum Gasteiger partial charge on any atom is -0.309 e. The van der Waals surface area contributed by atoms with Gasteiger partial charge in [0.25, 0.3) is 0 Å². The number of carbonyl (C=O) groups is 1. The molecule has 0 aliphatic carbocycles. The highest BCUT2D eigenvalue weighted by Gasteiger charge is 2.45. The molecule has 0 spiro atoms. The van der Waals surface area contributed by atoms with Gasteiger partial charge < -0.3 is 4.90 Å². The van der Waals surface area contributed by atoms with Crippen LogP contribution in [-0.2, 0) is 14.8 Å². The molecule has 1 aromatic heterocycles. The van der Waals surface area contributed by atoms with Gasteiger partial charge in [0.2, 0.25) is 15.9 Å². The Bertz CT molecular complexity index is 619. The zero-order valence-corrected chi connectivity index (χ0v) is 12.0. The van der Waals surface area contributed by atoms with Crippen LogP contribution in [0.2, 0.25) is 0 Å². The molecule has 3 rings (SSSR count). The molecule has 1 amide bonds. The quantitative estimate of drug-likeness (QED) is 0.749. The van der Waals surface area contributed by atoms with Gasteiger partial charge in [0.15, 0.2) is 0 Å². The molecule has 2 unspecified atom stereocenters. The third-order valence-electron chi connectivity index (χ3n) is 4.04. The first-order valence-electron chi connectivity index (χ1n) is 6.48. The largest absolute Gasteiger partial charge is 0.309 e. The lowest BCUT2D eigenvalue weighted by atomic mass is 9.88. The summed E-state index contributed by atoms with van der Waals surface area (Å²) in [6.45, 7) is 1.33. The lowest BCUT2D eigenvalue weighted by molar-refractivity contribution is -0.124. The average Bonchev–Trinajstić information content (AvgIpc) is 2.85. The number of nitrogens with zero attached hydrogens (tertiary/aromatic N) is 4. The topological polar surface area (TPSA) is 83.5 Å². The zero-order chi connectivity index (χ0) is 14.3. The van der Waals surface area contributed by atoms with Gasteiger partial charge in [0.1, 0.15) is 6.33 Å². The van der Waals surface area contributed by atoms with E-state index in [2.05, 4.69) is 9.97 Å². The van der Waals surface area contributed by atoms with Crippen LogP contribution in [0.4, 0.5) is 5.69 Å². The third-order valence-corrected chi connectivity index (χ3v) is 5.28. The van der Waals surface area contributed by atoms with Gasteiger partial charge in [-0.15, -0.1) is 0 Å². The van der Waals surface area contributed by atoms with Crippen LogP contribution < -0.4 is 4.90 Å². The van der Waals surface area contributed by atoms with Crippen LogP contribution in [0.5, 0.6) is 0 Å².